The second-order valence-electron chi connectivity index (χ2n) is 3.89. The summed E-state index contributed by atoms with van der Waals surface area (Å²) in [7, 11) is 0. The first-order valence-electron chi connectivity index (χ1n) is 5.52. The number of nitrogens with one attached hydrogen (secondary N) is 1. The van der Waals surface area contributed by atoms with E-state index in [0.29, 0.717) is 6.04 Å². The highest BCUT2D eigenvalue weighted by molar-refractivity contribution is 5.20. The van der Waals surface area contributed by atoms with Crippen molar-refractivity contribution in [2.24, 2.45) is 0 Å². The van der Waals surface area contributed by atoms with E-state index in [2.05, 4.69) is 34.5 Å². The van der Waals surface area contributed by atoms with Crippen LogP contribution in [0.25, 0.3) is 0 Å². The van der Waals surface area contributed by atoms with Gasteiger partial charge in [0.15, 0.2) is 0 Å². The summed E-state index contributed by atoms with van der Waals surface area (Å²) >= 11 is 0. The lowest BCUT2D eigenvalue weighted by molar-refractivity contribution is 0.127. The Balaban J connectivity index is 2.11. The molecule has 2 rings (SSSR count). The average molecular weight is 206 g/mol. The van der Waals surface area contributed by atoms with Gasteiger partial charge < -0.3 is 10.4 Å². The molecule has 0 amide bonds. The summed E-state index contributed by atoms with van der Waals surface area (Å²) in [5.74, 6) is 0. The van der Waals surface area contributed by atoms with E-state index in [4.69, 9.17) is 5.11 Å². The molecule has 1 saturated heterocycles. The van der Waals surface area contributed by atoms with Crippen LogP contribution >= 0.6 is 0 Å². The maximum Gasteiger partial charge on any atom is 0.0558 e. The molecule has 1 aliphatic rings. The molecule has 15 heavy (non-hydrogen) atoms. The molecule has 1 unspecified atom stereocenters. The number of aliphatic hydroxyl groups is 1. The molecule has 3 heteroatoms. The zero-order valence-electron chi connectivity index (χ0n) is 8.89. The molecule has 0 spiro atoms. The van der Waals surface area contributed by atoms with Gasteiger partial charge >= 0.3 is 0 Å². The molecule has 2 N–H and O–H groups in total. The summed E-state index contributed by atoms with van der Waals surface area (Å²) in [6.45, 7) is 4.01. The molecule has 1 heterocycles. The lowest BCUT2D eigenvalue weighted by Crippen LogP contribution is -2.46. The number of nitrogens with zero attached hydrogens (tertiary/aromatic N) is 1. The maximum atomic E-state index is 9.02. The Hall–Kier alpha value is -0.900. The van der Waals surface area contributed by atoms with Crippen LogP contribution in [-0.4, -0.2) is 42.8 Å². The van der Waals surface area contributed by atoms with Gasteiger partial charge in [0.05, 0.1) is 6.61 Å². The van der Waals surface area contributed by atoms with Crippen molar-refractivity contribution in [2.45, 2.75) is 6.04 Å². The molecule has 0 aromatic heterocycles. The fourth-order valence-electron chi connectivity index (χ4n) is 2.15. The molecule has 1 atom stereocenters. The standard InChI is InChI=1S/C12H18N2O/c15-9-8-14-7-6-13-10-12(14)11-4-2-1-3-5-11/h1-5,12-13,15H,6-10H2. The van der Waals surface area contributed by atoms with E-state index in [0.717, 1.165) is 26.2 Å². The predicted molar refractivity (Wildman–Crippen MR) is 60.7 cm³/mol. The van der Waals surface area contributed by atoms with E-state index in [9.17, 15) is 0 Å². The van der Waals surface area contributed by atoms with E-state index in [1.807, 2.05) is 6.07 Å². The Kier molecular flexibility index (Phi) is 3.72. The monoisotopic (exact) mass is 206 g/mol. The minimum absolute atomic E-state index is 0.239. The van der Waals surface area contributed by atoms with Crippen molar-refractivity contribution in [3.8, 4) is 0 Å². The van der Waals surface area contributed by atoms with Crippen LogP contribution in [0.3, 0.4) is 0 Å². The number of hydrogen-bond donors (Lipinski definition) is 2. The second-order valence-corrected chi connectivity index (χ2v) is 3.89. The number of rotatable bonds is 3. The van der Waals surface area contributed by atoms with E-state index in [1.165, 1.54) is 5.56 Å². The van der Waals surface area contributed by atoms with Crippen molar-refractivity contribution in [1.29, 1.82) is 0 Å². The molecule has 0 aliphatic carbocycles. The first kappa shape index (κ1) is 10.6. The van der Waals surface area contributed by atoms with Gasteiger partial charge in [0.2, 0.25) is 0 Å². The van der Waals surface area contributed by atoms with Crippen molar-refractivity contribution in [1.82, 2.24) is 10.2 Å². The zero-order chi connectivity index (χ0) is 10.5. The average Bonchev–Trinajstić information content (AvgIpc) is 2.31. The Morgan fingerprint density at radius 1 is 1.33 bits per heavy atom. The lowest BCUT2D eigenvalue weighted by atomic mass is 10.0. The van der Waals surface area contributed by atoms with Crippen LogP contribution in [0.5, 0.6) is 0 Å². The second kappa shape index (κ2) is 5.26. The molecule has 0 radical (unpaired) electrons. The van der Waals surface area contributed by atoms with Gasteiger partial charge in [-0.3, -0.25) is 4.90 Å². The van der Waals surface area contributed by atoms with E-state index in [-0.39, 0.29) is 6.61 Å². The summed E-state index contributed by atoms with van der Waals surface area (Å²) in [6, 6.07) is 10.9. The van der Waals surface area contributed by atoms with Crippen LogP contribution in [0.2, 0.25) is 0 Å². The van der Waals surface area contributed by atoms with Crippen molar-refractivity contribution in [3.63, 3.8) is 0 Å². The molecular formula is C12H18N2O. The minimum atomic E-state index is 0.239. The topological polar surface area (TPSA) is 35.5 Å². The van der Waals surface area contributed by atoms with Crippen molar-refractivity contribution < 1.29 is 5.11 Å². The Morgan fingerprint density at radius 2 is 2.13 bits per heavy atom. The van der Waals surface area contributed by atoms with Gasteiger partial charge in [-0.05, 0) is 5.56 Å². The van der Waals surface area contributed by atoms with Crippen LogP contribution in [0.4, 0.5) is 0 Å². The fourth-order valence-corrected chi connectivity index (χ4v) is 2.15. The molecule has 3 nitrogen and oxygen atoms in total. The molecule has 1 aromatic rings. The summed E-state index contributed by atoms with van der Waals surface area (Å²) in [5, 5.41) is 12.4. The number of aliphatic hydroxyl groups excluding tert-OH is 1. The van der Waals surface area contributed by atoms with Crippen molar-refractivity contribution in [2.75, 3.05) is 32.8 Å². The summed E-state index contributed by atoms with van der Waals surface area (Å²) in [6.07, 6.45) is 0. The number of β-amino-alcohol motifs (C(OH)–C–C–N with tert-alkyl or cyclic N) is 1. The van der Waals surface area contributed by atoms with Gasteiger partial charge in [0.25, 0.3) is 0 Å². The third-order valence-electron chi connectivity index (χ3n) is 2.93. The molecule has 82 valence electrons. The van der Waals surface area contributed by atoms with Crippen molar-refractivity contribution >= 4 is 0 Å². The Morgan fingerprint density at radius 3 is 2.87 bits per heavy atom. The quantitative estimate of drug-likeness (QED) is 0.761. The molecule has 1 fully saturated rings. The minimum Gasteiger partial charge on any atom is -0.395 e. The SMILES string of the molecule is OCCN1CCNCC1c1ccccc1. The van der Waals surface area contributed by atoms with Gasteiger partial charge in [-0.2, -0.15) is 0 Å². The first-order chi connectivity index (χ1) is 7.42. The Bertz CT molecular complexity index is 287. The number of benzene rings is 1. The van der Waals surface area contributed by atoms with Crippen molar-refractivity contribution in [3.05, 3.63) is 35.9 Å². The highest BCUT2D eigenvalue weighted by Crippen LogP contribution is 2.21. The van der Waals surface area contributed by atoms with E-state index in [1.54, 1.807) is 0 Å². The zero-order valence-corrected chi connectivity index (χ0v) is 8.89. The largest absolute Gasteiger partial charge is 0.395 e. The summed E-state index contributed by atoms with van der Waals surface area (Å²) < 4.78 is 0. The number of hydrogen-bond acceptors (Lipinski definition) is 3. The highest BCUT2D eigenvalue weighted by Gasteiger charge is 2.22. The lowest BCUT2D eigenvalue weighted by Gasteiger charge is -2.36. The summed E-state index contributed by atoms with van der Waals surface area (Å²) in [4.78, 5) is 2.34. The van der Waals surface area contributed by atoms with Crippen LogP contribution in [0, 0.1) is 0 Å². The smallest absolute Gasteiger partial charge is 0.0558 e. The Labute approximate surface area is 90.7 Å². The van der Waals surface area contributed by atoms with Crippen LogP contribution in [-0.2, 0) is 0 Å². The van der Waals surface area contributed by atoms with E-state index >= 15 is 0 Å². The fraction of sp³-hybridized carbons (Fsp3) is 0.500. The third kappa shape index (κ3) is 2.56. The van der Waals surface area contributed by atoms with Gasteiger partial charge in [-0.15, -0.1) is 0 Å². The summed E-state index contributed by atoms with van der Waals surface area (Å²) in [5.41, 5.74) is 1.33. The number of piperazine rings is 1. The molecule has 0 bridgehead atoms. The van der Waals surface area contributed by atoms with Gasteiger partial charge in [0, 0.05) is 32.2 Å². The van der Waals surface area contributed by atoms with Crippen LogP contribution in [0.15, 0.2) is 30.3 Å². The van der Waals surface area contributed by atoms with Gasteiger partial charge in [-0.1, -0.05) is 30.3 Å². The van der Waals surface area contributed by atoms with Crippen LogP contribution < -0.4 is 5.32 Å². The molecular weight excluding hydrogens is 188 g/mol. The van der Waals surface area contributed by atoms with Gasteiger partial charge in [-0.25, -0.2) is 0 Å². The van der Waals surface area contributed by atoms with Crippen LogP contribution in [0.1, 0.15) is 11.6 Å². The molecule has 1 aliphatic heterocycles. The third-order valence-corrected chi connectivity index (χ3v) is 2.93. The normalized spacial score (nSPS) is 22.9. The van der Waals surface area contributed by atoms with E-state index < -0.39 is 0 Å². The predicted octanol–water partition coefficient (Wildman–Crippen LogP) is 0.625. The first-order valence-corrected chi connectivity index (χ1v) is 5.52. The molecule has 0 saturated carbocycles. The van der Waals surface area contributed by atoms with Gasteiger partial charge in [0.1, 0.15) is 0 Å². The maximum absolute atomic E-state index is 9.02. The molecule has 1 aromatic carbocycles. The highest BCUT2D eigenvalue weighted by atomic mass is 16.3.